The maximum Gasteiger partial charge on any atom is 0.260 e. The Balaban J connectivity index is 1.34. The number of likely N-dealkylation sites (tertiary alicyclic amines) is 1. The number of para-hydroxylation sites is 1. The van der Waals surface area contributed by atoms with Crippen molar-refractivity contribution in [1.29, 1.82) is 0 Å². The van der Waals surface area contributed by atoms with Crippen LogP contribution in [-0.2, 0) is 4.79 Å². The Morgan fingerprint density at radius 3 is 2.21 bits per heavy atom. The molecule has 2 amide bonds. The summed E-state index contributed by atoms with van der Waals surface area (Å²) in [6.45, 7) is 1.35. The van der Waals surface area contributed by atoms with Crippen LogP contribution in [0.1, 0.15) is 42.5 Å². The topological polar surface area (TPSA) is 58.6 Å². The Labute approximate surface area is 172 Å². The van der Waals surface area contributed by atoms with E-state index in [2.05, 4.69) is 5.32 Å². The monoisotopic (exact) mass is 392 g/mol. The zero-order valence-electron chi connectivity index (χ0n) is 16.7. The van der Waals surface area contributed by atoms with E-state index in [1.54, 1.807) is 0 Å². The minimum absolute atomic E-state index is 0.00302. The van der Waals surface area contributed by atoms with Gasteiger partial charge in [-0.05, 0) is 49.4 Å². The molecule has 152 valence electrons. The first-order valence-electron chi connectivity index (χ1n) is 10.5. The standard InChI is InChI=1S/C24H28N2O3/c27-22(18-29-21-9-5-2-6-10-21)26-15-13-24(14-16-26,17-19-11-12-19)25-23(28)20-7-3-1-4-8-20/h1-10,19H,11-18H2,(H,25,28). The fourth-order valence-electron chi connectivity index (χ4n) is 4.09. The molecule has 5 heteroatoms. The number of benzene rings is 2. The number of ether oxygens (including phenoxy) is 1. The molecular formula is C24H28N2O3. The summed E-state index contributed by atoms with van der Waals surface area (Å²) in [7, 11) is 0. The van der Waals surface area contributed by atoms with E-state index >= 15 is 0 Å². The molecule has 0 radical (unpaired) electrons. The summed E-state index contributed by atoms with van der Waals surface area (Å²) in [4.78, 5) is 27.2. The highest BCUT2D eigenvalue weighted by atomic mass is 16.5. The maximum absolute atomic E-state index is 12.8. The molecule has 5 nitrogen and oxygen atoms in total. The number of carbonyl (C=O) groups excluding carboxylic acids is 2. The summed E-state index contributed by atoms with van der Waals surface area (Å²) in [5, 5.41) is 3.33. The molecule has 1 aliphatic carbocycles. The van der Waals surface area contributed by atoms with Crippen molar-refractivity contribution in [3.63, 3.8) is 0 Å². The first kappa shape index (κ1) is 19.5. The van der Waals surface area contributed by atoms with Crippen LogP contribution in [0.25, 0.3) is 0 Å². The second-order valence-corrected chi connectivity index (χ2v) is 8.23. The lowest BCUT2D eigenvalue weighted by Gasteiger charge is -2.42. The quantitative estimate of drug-likeness (QED) is 0.782. The lowest BCUT2D eigenvalue weighted by atomic mass is 9.82. The Hall–Kier alpha value is -2.82. The summed E-state index contributed by atoms with van der Waals surface area (Å²) in [5.41, 5.74) is 0.475. The van der Waals surface area contributed by atoms with Gasteiger partial charge in [-0.25, -0.2) is 0 Å². The molecule has 0 spiro atoms. The lowest BCUT2D eigenvalue weighted by Crippen LogP contribution is -2.56. The normalized spacial score (nSPS) is 18.1. The van der Waals surface area contributed by atoms with Crippen molar-refractivity contribution in [2.24, 2.45) is 5.92 Å². The van der Waals surface area contributed by atoms with Crippen LogP contribution >= 0.6 is 0 Å². The van der Waals surface area contributed by atoms with Crippen molar-refractivity contribution in [2.45, 2.75) is 37.6 Å². The minimum Gasteiger partial charge on any atom is -0.484 e. The second kappa shape index (κ2) is 8.68. The molecule has 1 saturated heterocycles. The van der Waals surface area contributed by atoms with Crippen LogP contribution in [0.4, 0.5) is 0 Å². The Kier molecular flexibility index (Phi) is 5.84. The number of piperidine rings is 1. The van der Waals surface area contributed by atoms with Gasteiger partial charge in [0.1, 0.15) is 5.75 Å². The number of nitrogens with zero attached hydrogens (tertiary/aromatic N) is 1. The highest BCUT2D eigenvalue weighted by Gasteiger charge is 2.41. The van der Waals surface area contributed by atoms with E-state index in [0.717, 1.165) is 19.3 Å². The molecule has 0 unspecified atom stereocenters. The van der Waals surface area contributed by atoms with Crippen LogP contribution in [0.3, 0.4) is 0 Å². The molecule has 2 aromatic carbocycles. The Morgan fingerprint density at radius 2 is 1.59 bits per heavy atom. The largest absolute Gasteiger partial charge is 0.484 e. The molecule has 1 N–H and O–H groups in total. The number of hydrogen-bond acceptors (Lipinski definition) is 3. The molecule has 0 atom stereocenters. The number of hydrogen-bond donors (Lipinski definition) is 1. The molecule has 1 aliphatic heterocycles. The van der Waals surface area contributed by atoms with Crippen molar-refractivity contribution in [3.05, 3.63) is 66.2 Å². The van der Waals surface area contributed by atoms with Gasteiger partial charge in [0.15, 0.2) is 6.61 Å². The van der Waals surface area contributed by atoms with E-state index in [0.29, 0.717) is 30.3 Å². The van der Waals surface area contributed by atoms with Gasteiger partial charge in [0.2, 0.25) is 0 Å². The van der Waals surface area contributed by atoms with E-state index in [9.17, 15) is 9.59 Å². The smallest absolute Gasteiger partial charge is 0.260 e. The predicted molar refractivity (Wildman–Crippen MR) is 112 cm³/mol. The molecule has 0 aromatic heterocycles. The fraction of sp³-hybridized carbons (Fsp3) is 0.417. The maximum atomic E-state index is 12.8. The zero-order valence-corrected chi connectivity index (χ0v) is 16.7. The summed E-state index contributed by atoms with van der Waals surface area (Å²) < 4.78 is 5.61. The molecule has 1 saturated carbocycles. The third-order valence-corrected chi connectivity index (χ3v) is 5.97. The first-order chi connectivity index (χ1) is 14.1. The van der Waals surface area contributed by atoms with Crippen LogP contribution < -0.4 is 10.1 Å². The molecule has 1 heterocycles. The van der Waals surface area contributed by atoms with Gasteiger partial charge in [-0.1, -0.05) is 49.2 Å². The van der Waals surface area contributed by atoms with Crippen molar-refractivity contribution in [1.82, 2.24) is 10.2 Å². The summed E-state index contributed by atoms with van der Waals surface area (Å²) in [5.74, 6) is 1.40. The number of amides is 2. The highest BCUT2D eigenvalue weighted by molar-refractivity contribution is 5.94. The summed E-state index contributed by atoms with van der Waals surface area (Å²) in [6, 6.07) is 18.8. The van der Waals surface area contributed by atoms with Crippen molar-refractivity contribution < 1.29 is 14.3 Å². The average Bonchev–Trinajstić information content (AvgIpc) is 3.57. The van der Waals surface area contributed by atoms with Gasteiger partial charge in [-0.3, -0.25) is 9.59 Å². The van der Waals surface area contributed by atoms with Gasteiger partial charge in [0, 0.05) is 24.2 Å². The average molecular weight is 392 g/mol. The number of nitrogens with one attached hydrogen (secondary N) is 1. The summed E-state index contributed by atoms with van der Waals surface area (Å²) >= 11 is 0. The van der Waals surface area contributed by atoms with E-state index in [1.807, 2.05) is 65.6 Å². The van der Waals surface area contributed by atoms with Gasteiger partial charge >= 0.3 is 0 Å². The fourth-order valence-corrected chi connectivity index (χ4v) is 4.09. The Morgan fingerprint density at radius 1 is 0.966 bits per heavy atom. The molecule has 4 rings (SSSR count). The van der Waals surface area contributed by atoms with E-state index < -0.39 is 0 Å². The van der Waals surface area contributed by atoms with E-state index in [-0.39, 0.29) is 24.0 Å². The van der Waals surface area contributed by atoms with Crippen LogP contribution in [0, 0.1) is 5.92 Å². The minimum atomic E-state index is -0.217. The van der Waals surface area contributed by atoms with Gasteiger partial charge in [0.25, 0.3) is 11.8 Å². The van der Waals surface area contributed by atoms with Crippen LogP contribution in [0.2, 0.25) is 0 Å². The molecule has 0 bridgehead atoms. The SMILES string of the molecule is O=C(NC1(CC2CC2)CCN(C(=O)COc2ccccc2)CC1)c1ccccc1. The van der Waals surface area contributed by atoms with E-state index in [4.69, 9.17) is 4.74 Å². The third-order valence-electron chi connectivity index (χ3n) is 5.97. The molecule has 2 aliphatic rings. The highest BCUT2D eigenvalue weighted by Crippen LogP contribution is 2.40. The lowest BCUT2D eigenvalue weighted by molar-refractivity contribution is -0.135. The Bertz CT molecular complexity index is 826. The van der Waals surface area contributed by atoms with Crippen LogP contribution in [0.5, 0.6) is 5.75 Å². The predicted octanol–water partition coefficient (Wildman–Crippen LogP) is 3.66. The first-order valence-corrected chi connectivity index (χ1v) is 10.5. The zero-order chi connectivity index (χ0) is 20.1. The van der Waals surface area contributed by atoms with E-state index in [1.165, 1.54) is 12.8 Å². The third kappa shape index (κ3) is 5.17. The molecule has 29 heavy (non-hydrogen) atoms. The van der Waals surface area contributed by atoms with Crippen molar-refractivity contribution in [2.75, 3.05) is 19.7 Å². The van der Waals surface area contributed by atoms with Crippen LogP contribution in [0.15, 0.2) is 60.7 Å². The number of carbonyl (C=O) groups is 2. The van der Waals surface area contributed by atoms with Crippen molar-refractivity contribution >= 4 is 11.8 Å². The molecule has 2 aromatic rings. The second-order valence-electron chi connectivity index (χ2n) is 8.23. The summed E-state index contributed by atoms with van der Waals surface area (Å²) in [6.07, 6.45) is 5.08. The molecular weight excluding hydrogens is 364 g/mol. The van der Waals surface area contributed by atoms with Gasteiger partial charge in [0.05, 0.1) is 0 Å². The van der Waals surface area contributed by atoms with Gasteiger partial charge in [-0.2, -0.15) is 0 Å². The van der Waals surface area contributed by atoms with Crippen molar-refractivity contribution in [3.8, 4) is 5.75 Å². The van der Waals surface area contributed by atoms with Gasteiger partial charge in [-0.15, -0.1) is 0 Å². The number of rotatable bonds is 7. The van der Waals surface area contributed by atoms with Gasteiger partial charge < -0.3 is 15.0 Å². The molecule has 2 fully saturated rings. The van der Waals surface area contributed by atoms with Crippen LogP contribution in [-0.4, -0.2) is 41.9 Å².